The molecule has 0 spiro atoms. The van der Waals surface area contributed by atoms with E-state index in [-0.39, 0.29) is 5.91 Å². The van der Waals surface area contributed by atoms with Gasteiger partial charge in [0.1, 0.15) is 0 Å². The molecular formula is C18H32NO8P5+4. The molecule has 9 nitrogen and oxygen atoms in total. The van der Waals surface area contributed by atoms with Gasteiger partial charge in [-0.15, -0.1) is 0 Å². The summed E-state index contributed by atoms with van der Waals surface area (Å²) in [5, 5.41) is 0.590. The van der Waals surface area contributed by atoms with Crippen LogP contribution in [0.2, 0.25) is 0 Å². The van der Waals surface area contributed by atoms with Crippen molar-refractivity contribution >= 4 is 55.6 Å². The van der Waals surface area contributed by atoms with Crippen LogP contribution in [0.4, 0.5) is 0 Å². The Balaban J connectivity index is -0.000000187. The molecule has 4 atom stereocenters. The van der Waals surface area contributed by atoms with Gasteiger partial charge in [-0.3, -0.25) is 4.79 Å². The number of aryl methyl sites for hydroxylation is 2. The number of hydrogen-bond donors (Lipinski definition) is 4. The average molecular weight is 545 g/mol. The Morgan fingerprint density at radius 1 is 0.969 bits per heavy atom. The summed E-state index contributed by atoms with van der Waals surface area (Å²) < 4.78 is 33.0. The fraction of sp³-hybridized carbons (Fsp3) is 0.278. The fourth-order valence-corrected chi connectivity index (χ4v) is 3.15. The topological polar surface area (TPSA) is 172 Å². The monoisotopic (exact) mass is 545 g/mol. The average Bonchev–Trinajstić information content (AvgIpc) is 2.79. The van der Waals surface area contributed by atoms with Crippen molar-refractivity contribution < 1.29 is 37.7 Å². The smallest absolute Gasteiger partial charge is 0.366 e. The van der Waals surface area contributed by atoms with E-state index in [0.717, 1.165) is 17.5 Å². The molecule has 0 saturated carbocycles. The minimum absolute atomic E-state index is 0.324. The van der Waals surface area contributed by atoms with Gasteiger partial charge in [-0.05, 0) is 66.1 Å². The molecule has 2 aromatic rings. The van der Waals surface area contributed by atoms with Gasteiger partial charge in [0.15, 0.2) is 8.38 Å². The number of nitrogens with two attached hydrogens (primary N) is 1. The molecule has 0 radical (unpaired) electrons. The van der Waals surface area contributed by atoms with E-state index < -0.39 is 17.1 Å². The predicted molar refractivity (Wildman–Crippen MR) is 138 cm³/mol. The molecule has 0 heterocycles. The Morgan fingerprint density at radius 3 is 1.66 bits per heavy atom. The number of benzene rings is 2. The first-order valence-electron chi connectivity index (χ1n) is 8.55. The lowest BCUT2D eigenvalue weighted by Crippen LogP contribution is -2.16. The first-order valence-corrected chi connectivity index (χ1v) is 12.1. The van der Waals surface area contributed by atoms with Gasteiger partial charge in [0, 0.05) is 10.9 Å². The first kappa shape index (κ1) is 37.9. The van der Waals surface area contributed by atoms with Crippen LogP contribution in [0.25, 0.3) is 0 Å². The van der Waals surface area contributed by atoms with Crippen molar-refractivity contribution in [2.24, 2.45) is 5.73 Å². The van der Waals surface area contributed by atoms with Gasteiger partial charge in [0.2, 0.25) is 5.91 Å². The molecule has 5 N–H and O–H groups in total. The lowest BCUT2D eigenvalue weighted by molar-refractivity contribution is 0.0999. The Morgan fingerprint density at radius 2 is 1.38 bits per heavy atom. The highest BCUT2D eigenvalue weighted by atomic mass is 31.2. The summed E-state index contributed by atoms with van der Waals surface area (Å²) in [5.41, 5.74) is 10.5. The van der Waals surface area contributed by atoms with Crippen molar-refractivity contribution in [3.05, 3.63) is 64.2 Å². The second-order valence-electron chi connectivity index (χ2n) is 5.42. The Hall–Kier alpha value is -1.38. The Kier molecular flexibility index (Phi) is 30.7. The van der Waals surface area contributed by atoms with E-state index in [2.05, 4.69) is 13.8 Å². The number of amides is 1. The Bertz CT molecular complexity index is 777. The van der Waals surface area contributed by atoms with E-state index in [9.17, 15) is 4.79 Å². The highest BCUT2D eigenvalue weighted by Crippen LogP contribution is 2.22. The van der Waals surface area contributed by atoms with Crippen molar-refractivity contribution in [1.82, 2.24) is 0 Å². The molecule has 0 aliphatic rings. The van der Waals surface area contributed by atoms with Crippen molar-refractivity contribution in [2.45, 2.75) is 34.1 Å². The summed E-state index contributed by atoms with van der Waals surface area (Å²) in [6.07, 6.45) is 0.943. The van der Waals surface area contributed by atoms with Crippen molar-refractivity contribution in [2.75, 3.05) is 0 Å². The molecule has 0 aliphatic heterocycles. The number of carbonyl (C=O) groups excluding carboxylic acids is 1. The maximum atomic E-state index is 11.2. The summed E-state index contributed by atoms with van der Waals surface area (Å²) in [6, 6.07) is 10.8. The van der Waals surface area contributed by atoms with Crippen LogP contribution in [0.15, 0.2) is 36.4 Å². The van der Waals surface area contributed by atoms with Crippen molar-refractivity contribution in [3.63, 3.8) is 0 Å². The van der Waals surface area contributed by atoms with Crippen LogP contribution in [0.3, 0.4) is 0 Å². The first-order chi connectivity index (χ1) is 15.2. The zero-order chi connectivity index (χ0) is 26.3. The Labute approximate surface area is 197 Å². The molecule has 0 saturated heterocycles. The summed E-state index contributed by atoms with van der Waals surface area (Å²) in [4.78, 5) is 35.6. The highest BCUT2D eigenvalue weighted by Gasteiger charge is 2.13. The molecule has 0 bridgehead atoms. The van der Waals surface area contributed by atoms with Crippen LogP contribution in [-0.4, -0.2) is 20.6 Å². The number of rotatable bonds is 3. The minimum atomic E-state index is -1.90. The van der Waals surface area contributed by atoms with Crippen LogP contribution in [0.1, 0.15) is 39.5 Å². The number of hydrogen-bond acceptors (Lipinski definition) is 7. The SMILES string of the molecule is CCc1c(C)cc(C)c(C(N)=O)c1C.O=[PH+]O.O=[PH2+].O=[PH2+].O=[PH2+].OP(O)c1ccccc1. The van der Waals surface area contributed by atoms with Crippen molar-refractivity contribution in [1.29, 1.82) is 0 Å². The molecule has 14 heteroatoms. The van der Waals surface area contributed by atoms with E-state index >= 15 is 0 Å². The molecule has 1 amide bonds. The summed E-state index contributed by atoms with van der Waals surface area (Å²) in [7, 11) is 0.438. The predicted octanol–water partition coefficient (Wildman–Crippen LogP) is 3.42. The number of carbonyl (C=O) groups is 1. The third-order valence-electron chi connectivity index (χ3n) is 3.72. The third-order valence-corrected chi connectivity index (χ3v) is 4.48. The molecule has 178 valence electrons. The lowest BCUT2D eigenvalue weighted by Gasteiger charge is -2.13. The van der Waals surface area contributed by atoms with Crippen molar-refractivity contribution in [3.8, 4) is 0 Å². The maximum absolute atomic E-state index is 11.2. The lowest BCUT2D eigenvalue weighted by atomic mass is 9.92. The molecular weight excluding hydrogens is 513 g/mol. The van der Waals surface area contributed by atoms with E-state index in [1.54, 1.807) is 24.3 Å². The normalized spacial score (nSPS) is 8.38. The van der Waals surface area contributed by atoms with Crippen LogP contribution in [-0.2, 0) is 24.7 Å². The van der Waals surface area contributed by atoms with E-state index in [1.165, 1.54) is 38.5 Å². The quantitative estimate of drug-likeness (QED) is 0.425. The van der Waals surface area contributed by atoms with Crippen LogP contribution >= 0.6 is 44.4 Å². The van der Waals surface area contributed by atoms with Gasteiger partial charge in [-0.2, -0.15) is 4.89 Å². The van der Waals surface area contributed by atoms with E-state index in [4.69, 9.17) is 38.7 Å². The van der Waals surface area contributed by atoms with Gasteiger partial charge in [-0.25, -0.2) is 0 Å². The van der Waals surface area contributed by atoms with E-state index in [1.807, 2.05) is 26.0 Å². The summed E-state index contributed by atoms with van der Waals surface area (Å²) >= 11 is 0. The van der Waals surface area contributed by atoms with Gasteiger partial charge in [0.25, 0.3) is 0 Å². The van der Waals surface area contributed by atoms with Crippen LogP contribution < -0.4 is 11.0 Å². The van der Waals surface area contributed by atoms with Gasteiger partial charge >= 0.3 is 36.0 Å². The second kappa shape index (κ2) is 25.9. The molecule has 0 aliphatic carbocycles. The minimum Gasteiger partial charge on any atom is -0.366 e. The molecule has 0 fully saturated rings. The van der Waals surface area contributed by atoms with Gasteiger partial charge in [-0.1, -0.05) is 44.9 Å². The standard InChI is InChI=1S/C12H17NO.C6H7O2P.HO2P.3H2OP/c1-5-10-7(2)6-8(3)11(9(10)4)12(13)14;7-9(8)6-4-2-1-3-5-6;1-3-2;3*1-2/h6H,5H2,1-4H3,(H2,13,14);1-5,7-8H;3H;3*2H2/q;;;3*+1/p+1. The summed E-state index contributed by atoms with van der Waals surface area (Å²) in [5.74, 6) is -0.324. The molecule has 32 heavy (non-hydrogen) atoms. The van der Waals surface area contributed by atoms with Crippen LogP contribution in [0.5, 0.6) is 0 Å². The molecule has 0 aromatic heterocycles. The zero-order valence-corrected chi connectivity index (χ0v) is 23.7. The molecule has 4 unspecified atom stereocenters. The maximum Gasteiger partial charge on any atom is 0.491 e. The van der Waals surface area contributed by atoms with Crippen LogP contribution in [0, 0.1) is 20.8 Å². The molecule has 2 rings (SSSR count). The summed E-state index contributed by atoms with van der Waals surface area (Å²) in [6.45, 7) is 8.07. The molecule has 2 aromatic carbocycles. The second-order valence-corrected chi connectivity index (χ2v) is 6.70. The van der Waals surface area contributed by atoms with Gasteiger partial charge in [0.05, 0.1) is 0 Å². The fourth-order valence-electron chi connectivity index (χ4n) is 2.71. The zero-order valence-electron chi connectivity index (χ0n) is 18.3. The van der Waals surface area contributed by atoms with Gasteiger partial charge < -0.3 is 15.5 Å². The highest BCUT2D eigenvalue weighted by molar-refractivity contribution is 7.54. The number of primary amides is 1. The largest absolute Gasteiger partial charge is 0.491 e. The third kappa shape index (κ3) is 16.3. The van der Waals surface area contributed by atoms with E-state index in [0.29, 0.717) is 10.9 Å².